The standard InChI is InChI=1S/C22H20ClFN2O3/c23-16-8-6-15(7-9-16)11-19-13-25-22(29-19)20-5-2-10-26(20)21(27)14-28-18-4-1-3-17(24)12-18/h1,3-4,6-9,12-13,20H,2,5,10-11,14H2/t20-/m1/s1. The van der Waals surface area contributed by atoms with Gasteiger partial charge in [0.15, 0.2) is 6.61 Å². The van der Waals surface area contributed by atoms with E-state index in [0.29, 0.717) is 29.6 Å². The van der Waals surface area contributed by atoms with E-state index in [1.54, 1.807) is 23.2 Å². The maximum Gasteiger partial charge on any atom is 0.261 e. The Bertz CT molecular complexity index is 990. The van der Waals surface area contributed by atoms with Gasteiger partial charge in [0.1, 0.15) is 23.4 Å². The first-order valence-electron chi connectivity index (χ1n) is 9.45. The van der Waals surface area contributed by atoms with E-state index >= 15 is 0 Å². The molecule has 0 N–H and O–H groups in total. The van der Waals surface area contributed by atoms with Crippen molar-refractivity contribution in [3.8, 4) is 5.75 Å². The van der Waals surface area contributed by atoms with Gasteiger partial charge in [0.05, 0.1) is 6.20 Å². The van der Waals surface area contributed by atoms with Gasteiger partial charge < -0.3 is 14.1 Å². The molecule has 5 nitrogen and oxygen atoms in total. The average molecular weight is 415 g/mol. The van der Waals surface area contributed by atoms with Crippen LogP contribution in [0.5, 0.6) is 5.75 Å². The number of carbonyl (C=O) groups excluding carboxylic acids is 1. The van der Waals surface area contributed by atoms with E-state index in [1.165, 1.54) is 12.1 Å². The Labute approximate surface area is 173 Å². The molecule has 1 aromatic heterocycles. The second kappa shape index (κ2) is 8.66. The molecule has 0 saturated carbocycles. The molecule has 0 spiro atoms. The minimum atomic E-state index is -0.401. The highest BCUT2D eigenvalue weighted by Crippen LogP contribution is 2.32. The van der Waals surface area contributed by atoms with Crippen LogP contribution in [0.2, 0.25) is 5.02 Å². The van der Waals surface area contributed by atoms with E-state index in [4.69, 9.17) is 20.8 Å². The van der Waals surface area contributed by atoms with Gasteiger partial charge in [-0.2, -0.15) is 0 Å². The summed E-state index contributed by atoms with van der Waals surface area (Å²) in [5, 5.41) is 0.688. The van der Waals surface area contributed by atoms with Crippen LogP contribution in [-0.2, 0) is 11.2 Å². The van der Waals surface area contributed by atoms with Crippen LogP contribution >= 0.6 is 11.6 Å². The Morgan fingerprint density at radius 3 is 2.90 bits per heavy atom. The van der Waals surface area contributed by atoms with Gasteiger partial charge in [0.25, 0.3) is 5.91 Å². The van der Waals surface area contributed by atoms with Gasteiger partial charge in [0, 0.05) is 24.1 Å². The van der Waals surface area contributed by atoms with Crippen molar-refractivity contribution >= 4 is 17.5 Å². The van der Waals surface area contributed by atoms with Crippen molar-refractivity contribution in [2.75, 3.05) is 13.2 Å². The number of benzene rings is 2. The van der Waals surface area contributed by atoms with Crippen molar-refractivity contribution < 1.29 is 18.3 Å². The van der Waals surface area contributed by atoms with Crippen LogP contribution in [0, 0.1) is 5.82 Å². The first kappa shape index (κ1) is 19.5. The number of ether oxygens (including phenoxy) is 1. The Morgan fingerprint density at radius 2 is 2.10 bits per heavy atom. The maximum absolute atomic E-state index is 13.3. The van der Waals surface area contributed by atoms with Crippen LogP contribution in [-0.4, -0.2) is 28.9 Å². The van der Waals surface area contributed by atoms with Gasteiger partial charge >= 0.3 is 0 Å². The fourth-order valence-corrected chi connectivity index (χ4v) is 3.59. The minimum Gasteiger partial charge on any atom is -0.484 e. The molecule has 150 valence electrons. The van der Waals surface area contributed by atoms with E-state index in [-0.39, 0.29) is 18.6 Å². The first-order chi connectivity index (χ1) is 14.1. The SMILES string of the molecule is O=C(COc1cccc(F)c1)N1CCC[C@@H]1c1ncc(Cc2ccc(Cl)cc2)o1. The van der Waals surface area contributed by atoms with Gasteiger partial charge in [-0.1, -0.05) is 29.8 Å². The van der Waals surface area contributed by atoms with E-state index in [2.05, 4.69) is 4.98 Å². The lowest BCUT2D eigenvalue weighted by atomic mass is 10.1. The van der Waals surface area contributed by atoms with Crippen molar-refractivity contribution in [3.05, 3.63) is 82.8 Å². The van der Waals surface area contributed by atoms with Crippen molar-refractivity contribution in [1.82, 2.24) is 9.88 Å². The summed E-state index contributed by atoms with van der Waals surface area (Å²) in [6, 6.07) is 13.1. The summed E-state index contributed by atoms with van der Waals surface area (Å²) in [6.07, 6.45) is 3.96. The van der Waals surface area contributed by atoms with Gasteiger partial charge in [0.2, 0.25) is 5.89 Å². The molecule has 2 aromatic carbocycles. The topological polar surface area (TPSA) is 55.6 Å². The van der Waals surface area contributed by atoms with Gasteiger partial charge in [-0.05, 0) is 42.7 Å². The van der Waals surface area contributed by atoms with Crippen LogP contribution in [0.4, 0.5) is 4.39 Å². The molecule has 0 aliphatic carbocycles. The number of nitrogens with zero attached hydrogens (tertiary/aromatic N) is 2. The molecule has 7 heteroatoms. The van der Waals surface area contributed by atoms with E-state index in [1.807, 2.05) is 24.3 Å². The lowest BCUT2D eigenvalue weighted by molar-refractivity contribution is -0.134. The van der Waals surface area contributed by atoms with E-state index in [0.717, 1.165) is 24.2 Å². The predicted molar refractivity (Wildman–Crippen MR) is 106 cm³/mol. The van der Waals surface area contributed by atoms with Crippen molar-refractivity contribution in [2.45, 2.75) is 25.3 Å². The highest BCUT2D eigenvalue weighted by Gasteiger charge is 2.33. The lowest BCUT2D eigenvalue weighted by Gasteiger charge is -2.22. The summed E-state index contributed by atoms with van der Waals surface area (Å²) in [4.78, 5) is 18.8. The number of halogens is 2. The molecule has 0 radical (unpaired) electrons. The summed E-state index contributed by atoms with van der Waals surface area (Å²) in [5.41, 5.74) is 1.07. The summed E-state index contributed by atoms with van der Waals surface area (Å²) in [6.45, 7) is 0.462. The zero-order valence-electron chi connectivity index (χ0n) is 15.7. The number of carbonyl (C=O) groups is 1. The number of rotatable bonds is 6. The number of oxazole rings is 1. The second-order valence-electron chi connectivity index (χ2n) is 6.96. The third kappa shape index (κ3) is 4.77. The molecular formula is C22H20ClFN2O3. The molecule has 2 heterocycles. The van der Waals surface area contributed by atoms with Crippen LogP contribution in [0.25, 0.3) is 0 Å². The Morgan fingerprint density at radius 1 is 1.28 bits per heavy atom. The van der Waals surface area contributed by atoms with E-state index in [9.17, 15) is 9.18 Å². The third-order valence-corrected chi connectivity index (χ3v) is 5.13. The lowest BCUT2D eigenvalue weighted by Crippen LogP contribution is -2.34. The van der Waals surface area contributed by atoms with Gasteiger partial charge in [-0.3, -0.25) is 4.79 Å². The van der Waals surface area contributed by atoms with Crippen LogP contribution < -0.4 is 4.74 Å². The van der Waals surface area contributed by atoms with Crippen molar-refractivity contribution in [1.29, 1.82) is 0 Å². The number of likely N-dealkylation sites (tertiary alicyclic amines) is 1. The molecule has 1 fully saturated rings. The zero-order chi connectivity index (χ0) is 20.2. The first-order valence-corrected chi connectivity index (χ1v) is 9.83. The summed E-state index contributed by atoms with van der Waals surface area (Å²) < 4.78 is 24.6. The normalized spacial score (nSPS) is 16.2. The molecule has 0 unspecified atom stereocenters. The molecule has 1 amide bonds. The largest absolute Gasteiger partial charge is 0.484 e. The number of amides is 1. The fraction of sp³-hybridized carbons (Fsp3) is 0.273. The van der Waals surface area contributed by atoms with Gasteiger partial charge in [-0.25, -0.2) is 9.37 Å². The maximum atomic E-state index is 13.3. The fourth-order valence-electron chi connectivity index (χ4n) is 3.47. The molecule has 29 heavy (non-hydrogen) atoms. The minimum absolute atomic E-state index is 0.154. The number of hydrogen-bond donors (Lipinski definition) is 0. The van der Waals surface area contributed by atoms with Crippen LogP contribution in [0.15, 0.2) is 59.1 Å². The van der Waals surface area contributed by atoms with Gasteiger partial charge in [-0.15, -0.1) is 0 Å². The smallest absolute Gasteiger partial charge is 0.261 e. The Balaban J connectivity index is 1.39. The van der Waals surface area contributed by atoms with Crippen LogP contribution in [0.3, 0.4) is 0 Å². The molecular weight excluding hydrogens is 395 g/mol. The third-order valence-electron chi connectivity index (χ3n) is 4.88. The summed E-state index contributed by atoms with van der Waals surface area (Å²) >= 11 is 5.92. The quantitative estimate of drug-likeness (QED) is 0.581. The van der Waals surface area contributed by atoms with E-state index < -0.39 is 5.82 Å². The average Bonchev–Trinajstić information content (AvgIpc) is 3.37. The molecule has 1 saturated heterocycles. The highest BCUT2D eigenvalue weighted by molar-refractivity contribution is 6.30. The highest BCUT2D eigenvalue weighted by atomic mass is 35.5. The van der Waals surface area contributed by atoms with Crippen LogP contribution in [0.1, 0.15) is 36.1 Å². The molecule has 0 bridgehead atoms. The summed E-state index contributed by atoms with van der Waals surface area (Å²) in [5.74, 6) is 1.02. The molecule has 4 rings (SSSR count). The monoisotopic (exact) mass is 414 g/mol. The second-order valence-corrected chi connectivity index (χ2v) is 7.40. The van der Waals surface area contributed by atoms with Crippen molar-refractivity contribution in [2.24, 2.45) is 0 Å². The Hall–Kier alpha value is -2.86. The molecule has 1 aliphatic heterocycles. The Kier molecular flexibility index (Phi) is 5.81. The number of aromatic nitrogens is 1. The molecule has 1 atom stereocenters. The van der Waals surface area contributed by atoms with Crippen molar-refractivity contribution in [3.63, 3.8) is 0 Å². The molecule has 3 aromatic rings. The predicted octanol–water partition coefficient (Wildman–Crippen LogP) is 4.80. The number of hydrogen-bond acceptors (Lipinski definition) is 4. The summed E-state index contributed by atoms with van der Waals surface area (Å²) in [7, 11) is 0. The molecule has 1 aliphatic rings. The zero-order valence-corrected chi connectivity index (χ0v) is 16.4.